The average Bonchev–Trinajstić information content (AvgIpc) is 3.61. The zero-order valence-electron chi connectivity index (χ0n) is 22.2. The highest BCUT2D eigenvalue weighted by atomic mass is 16.7. The standard InChI is InChI=1S/C28H37N5O5/c1-3-21(34)12-8-5-9-13-22(25-29-19-24(30-25)20-10-6-4-7-11-20)31-26(35)23-18-28(38-32-23)14-16-33(17-15-28)27(36)37-2/h4,6-7,10-11,19,22H,3,5,8-9,12-18H2,1-2H3,(H,29,30)(H,31,35)/t22-/m0/s1. The molecule has 0 bridgehead atoms. The van der Waals surface area contributed by atoms with Gasteiger partial charge in [0, 0.05) is 45.2 Å². The summed E-state index contributed by atoms with van der Waals surface area (Å²) in [4.78, 5) is 52.1. The Morgan fingerprint density at radius 3 is 2.63 bits per heavy atom. The predicted molar refractivity (Wildman–Crippen MR) is 142 cm³/mol. The van der Waals surface area contributed by atoms with Gasteiger partial charge in [0.25, 0.3) is 5.91 Å². The molecule has 1 atom stereocenters. The van der Waals surface area contributed by atoms with Gasteiger partial charge in [0.2, 0.25) is 0 Å². The molecule has 0 unspecified atom stereocenters. The lowest BCUT2D eigenvalue weighted by Gasteiger charge is -2.36. The number of oxime groups is 1. The number of hydrogen-bond acceptors (Lipinski definition) is 7. The van der Waals surface area contributed by atoms with Crippen LogP contribution in [0.3, 0.4) is 0 Å². The van der Waals surface area contributed by atoms with Gasteiger partial charge in [-0.1, -0.05) is 55.3 Å². The molecule has 2 aromatic rings. The second-order valence-electron chi connectivity index (χ2n) is 10.0. The molecule has 1 saturated heterocycles. The molecule has 2 amide bonds. The number of aromatic amines is 1. The van der Waals surface area contributed by atoms with E-state index in [-0.39, 0.29) is 23.8 Å². The van der Waals surface area contributed by atoms with Crippen molar-refractivity contribution in [1.82, 2.24) is 20.2 Å². The number of nitrogens with zero attached hydrogens (tertiary/aromatic N) is 3. The molecule has 3 heterocycles. The van der Waals surface area contributed by atoms with Crippen molar-refractivity contribution in [2.75, 3.05) is 20.2 Å². The minimum atomic E-state index is -0.566. The minimum Gasteiger partial charge on any atom is -0.453 e. The number of piperidine rings is 1. The van der Waals surface area contributed by atoms with E-state index in [1.807, 2.05) is 37.3 Å². The molecule has 0 saturated carbocycles. The van der Waals surface area contributed by atoms with Crippen molar-refractivity contribution in [2.45, 2.75) is 76.4 Å². The maximum absolute atomic E-state index is 13.3. The van der Waals surface area contributed by atoms with Crippen molar-refractivity contribution in [3.05, 3.63) is 42.4 Å². The molecule has 1 fully saturated rings. The van der Waals surface area contributed by atoms with E-state index in [1.165, 1.54) is 7.11 Å². The number of carbonyl (C=O) groups is 3. The first-order chi connectivity index (χ1) is 18.4. The van der Waals surface area contributed by atoms with Crippen LogP contribution in [-0.4, -0.2) is 64.2 Å². The van der Waals surface area contributed by atoms with Crippen LogP contribution in [0, 0.1) is 0 Å². The van der Waals surface area contributed by atoms with E-state index in [1.54, 1.807) is 11.1 Å². The number of benzene rings is 1. The summed E-state index contributed by atoms with van der Waals surface area (Å²) in [5.74, 6) is 0.683. The third-order valence-electron chi connectivity index (χ3n) is 7.37. The van der Waals surface area contributed by atoms with Crippen LogP contribution in [0.4, 0.5) is 4.79 Å². The molecule has 1 spiro atoms. The maximum atomic E-state index is 13.3. The number of hydrogen-bond donors (Lipinski definition) is 2. The first-order valence-electron chi connectivity index (χ1n) is 13.4. The molecule has 204 valence electrons. The van der Waals surface area contributed by atoms with Gasteiger partial charge in [-0.15, -0.1) is 0 Å². The second-order valence-corrected chi connectivity index (χ2v) is 10.0. The molecule has 38 heavy (non-hydrogen) atoms. The third kappa shape index (κ3) is 6.79. The van der Waals surface area contributed by atoms with Crippen LogP contribution in [0.15, 0.2) is 41.7 Å². The number of amides is 2. The Balaban J connectivity index is 1.38. The largest absolute Gasteiger partial charge is 0.453 e. The van der Waals surface area contributed by atoms with Gasteiger partial charge in [-0.25, -0.2) is 9.78 Å². The van der Waals surface area contributed by atoms with Crippen molar-refractivity contribution < 1.29 is 24.0 Å². The second kappa shape index (κ2) is 12.7. The highest BCUT2D eigenvalue weighted by Crippen LogP contribution is 2.35. The molecule has 0 radical (unpaired) electrons. The monoisotopic (exact) mass is 523 g/mol. The summed E-state index contributed by atoms with van der Waals surface area (Å²) in [5, 5.41) is 7.26. The van der Waals surface area contributed by atoms with Crippen LogP contribution in [-0.2, 0) is 19.2 Å². The number of Topliss-reactive ketones (excluding diaryl/α,β-unsaturated/α-hetero) is 1. The number of methoxy groups -OCH3 is 1. The molecule has 2 aliphatic heterocycles. The molecule has 2 aliphatic rings. The maximum Gasteiger partial charge on any atom is 0.409 e. The van der Waals surface area contributed by atoms with Gasteiger partial charge in [0.1, 0.15) is 22.9 Å². The number of ether oxygens (including phenoxy) is 1. The predicted octanol–water partition coefficient (Wildman–Crippen LogP) is 4.54. The van der Waals surface area contributed by atoms with E-state index < -0.39 is 5.60 Å². The number of likely N-dealkylation sites (tertiary alicyclic amines) is 1. The Kier molecular flexibility index (Phi) is 9.15. The topological polar surface area (TPSA) is 126 Å². The Bertz CT molecular complexity index is 1140. The average molecular weight is 524 g/mol. The summed E-state index contributed by atoms with van der Waals surface area (Å²) >= 11 is 0. The lowest BCUT2D eigenvalue weighted by atomic mass is 9.87. The zero-order valence-corrected chi connectivity index (χ0v) is 22.2. The summed E-state index contributed by atoms with van der Waals surface area (Å²) in [6, 6.07) is 9.58. The molecule has 10 heteroatoms. The van der Waals surface area contributed by atoms with Gasteiger partial charge in [-0.05, 0) is 18.4 Å². The molecule has 10 nitrogen and oxygen atoms in total. The summed E-state index contributed by atoms with van der Waals surface area (Å²) in [7, 11) is 1.37. The minimum absolute atomic E-state index is 0.277. The van der Waals surface area contributed by atoms with E-state index in [2.05, 4.69) is 20.4 Å². The van der Waals surface area contributed by atoms with E-state index in [0.717, 1.165) is 30.5 Å². The quantitative estimate of drug-likeness (QED) is 0.417. The summed E-state index contributed by atoms with van der Waals surface area (Å²) in [5.41, 5.74) is 1.68. The number of carbonyl (C=O) groups excluding carboxylic acids is 3. The number of nitrogens with one attached hydrogen (secondary N) is 2. The lowest BCUT2D eigenvalue weighted by Crippen LogP contribution is -2.47. The first-order valence-corrected chi connectivity index (χ1v) is 13.4. The summed E-state index contributed by atoms with van der Waals surface area (Å²) in [6.07, 6.45) is 7.42. The third-order valence-corrected chi connectivity index (χ3v) is 7.37. The van der Waals surface area contributed by atoms with Gasteiger partial charge in [0.05, 0.1) is 25.0 Å². The van der Waals surface area contributed by atoms with E-state index >= 15 is 0 Å². The van der Waals surface area contributed by atoms with Gasteiger partial charge < -0.3 is 24.8 Å². The van der Waals surface area contributed by atoms with Gasteiger partial charge in [-0.2, -0.15) is 0 Å². The molecule has 1 aromatic heterocycles. The zero-order chi connectivity index (χ0) is 27.0. The smallest absolute Gasteiger partial charge is 0.409 e. The highest BCUT2D eigenvalue weighted by molar-refractivity contribution is 6.39. The first kappa shape index (κ1) is 27.3. The molecule has 4 rings (SSSR count). The SMILES string of the molecule is CCC(=O)CCCCC[C@H](NC(=O)C1=NOC2(CCN(C(=O)OC)CC2)C1)c1ncc(-c2ccccc2)[nH]1. The summed E-state index contributed by atoms with van der Waals surface area (Å²) in [6.45, 7) is 2.88. The number of ketones is 1. The number of imidazole rings is 1. The van der Waals surface area contributed by atoms with Crippen LogP contribution >= 0.6 is 0 Å². The molecular formula is C28H37N5O5. The van der Waals surface area contributed by atoms with Crippen molar-refractivity contribution in [3.8, 4) is 11.3 Å². The van der Waals surface area contributed by atoms with Crippen LogP contribution in [0.1, 0.15) is 76.6 Å². The van der Waals surface area contributed by atoms with Crippen molar-refractivity contribution >= 4 is 23.5 Å². The fourth-order valence-electron chi connectivity index (χ4n) is 4.96. The highest BCUT2D eigenvalue weighted by Gasteiger charge is 2.45. The number of unbranched alkanes of at least 4 members (excludes halogenated alkanes) is 2. The fourth-order valence-corrected chi connectivity index (χ4v) is 4.96. The Morgan fingerprint density at radius 2 is 1.92 bits per heavy atom. The molecular weight excluding hydrogens is 486 g/mol. The number of aromatic nitrogens is 2. The van der Waals surface area contributed by atoms with E-state index in [9.17, 15) is 14.4 Å². The molecule has 0 aliphatic carbocycles. The van der Waals surface area contributed by atoms with Crippen LogP contribution in [0.5, 0.6) is 0 Å². The van der Waals surface area contributed by atoms with Gasteiger partial charge in [0.15, 0.2) is 0 Å². The summed E-state index contributed by atoms with van der Waals surface area (Å²) < 4.78 is 4.81. The van der Waals surface area contributed by atoms with Crippen LogP contribution in [0.2, 0.25) is 0 Å². The molecule has 1 aromatic carbocycles. The number of rotatable bonds is 11. The van der Waals surface area contributed by atoms with Gasteiger partial charge >= 0.3 is 6.09 Å². The van der Waals surface area contributed by atoms with Crippen LogP contribution < -0.4 is 5.32 Å². The van der Waals surface area contributed by atoms with Crippen molar-refractivity contribution in [2.24, 2.45) is 5.16 Å². The van der Waals surface area contributed by atoms with Crippen molar-refractivity contribution in [1.29, 1.82) is 0 Å². The number of H-pyrrole nitrogens is 1. The van der Waals surface area contributed by atoms with Gasteiger partial charge in [-0.3, -0.25) is 9.59 Å². The van der Waals surface area contributed by atoms with E-state index in [0.29, 0.717) is 63.2 Å². The normalized spacial score (nSPS) is 17.0. The van der Waals surface area contributed by atoms with Crippen LogP contribution in [0.25, 0.3) is 11.3 Å². The van der Waals surface area contributed by atoms with E-state index in [4.69, 9.17) is 9.57 Å². The Morgan fingerprint density at radius 1 is 1.16 bits per heavy atom. The fraction of sp³-hybridized carbons (Fsp3) is 0.536. The lowest BCUT2D eigenvalue weighted by molar-refractivity contribution is -0.119. The van der Waals surface area contributed by atoms with Crippen molar-refractivity contribution in [3.63, 3.8) is 0 Å². The Labute approximate surface area is 223 Å². The Hall–Kier alpha value is -3.69. The molecule has 2 N–H and O–H groups in total.